The molecule has 0 aromatic heterocycles. The Hall–Kier alpha value is -1.17. The van der Waals surface area contributed by atoms with Crippen LogP contribution in [0, 0.1) is 0 Å². The van der Waals surface area contributed by atoms with Gasteiger partial charge in [-0.1, -0.05) is 48.1 Å². The zero-order valence-corrected chi connectivity index (χ0v) is 13.4. The fourth-order valence-corrected chi connectivity index (χ4v) is 2.13. The molecule has 0 bridgehead atoms. The second kappa shape index (κ2) is 8.32. The number of amides is 1. The third-order valence-electron chi connectivity index (χ3n) is 2.54. The molecule has 0 radical (unpaired) electrons. The van der Waals surface area contributed by atoms with Gasteiger partial charge in [0.25, 0.3) is 5.91 Å². The Morgan fingerprint density at radius 1 is 1.24 bits per heavy atom. The summed E-state index contributed by atoms with van der Waals surface area (Å²) in [4.78, 5) is 22.6. The molecule has 0 aliphatic carbocycles. The van der Waals surface area contributed by atoms with E-state index in [2.05, 4.69) is 5.32 Å². The van der Waals surface area contributed by atoms with Crippen molar-refractivity contribution < 1.29 is 19.4 Å². The molecule has 5 nitrogen and oxygen atoms in total. The molecule has 1 aromatic rings. The molecule has 21 heavy (non-hydrogen) atoms. The van der Waals surface area contributed by atoms with Crippen molar-refractivity contribution in [2.75, 3.05) is 6.61 Å². The maximum atomic E-state index is 11.7. The first-order valence-electron chi connectivity index (χ1n) is 6.14. The lowest BCUT2D eigenvalue weighted by molar-refractivity contribution is -0.142. The summed E-state index contributed by atoms with van der Waals surface area (Å²) in [5.74, 6) is -1.45. The summed E-state index contributed by atoms with van der Waals surface area (Å²) < 4.78 is 5.21. The van der Waals surface area contributed by atoms with E-state index in [0.717, 1.165) is 0 Å². The van der Waals surface area contributed by atoms with Crippen LogP contribution in [0.3, 0.4) is 0 Å². The van der Waals surface area contributed by atoms with E-state index in [1.54, 1.807) is 0 Å². The van der Waals surface area contributed by atoms with Crippen molar-refractivity contribution in [3.05, 3.63) is 27.2 Å². The number of carboxylic acid groups (broad SMARTS) is 1. The Bertz CT molecular complexity index is 536. The van der Waals surface area contributed by atoms with E-state index in [-0.39, 0.29) is 27.4 Å². The van der Waals surface area contributed by atoms with Gasteiger partial charge in [0, 0.05) is 6.07 Å². The van der Waals surface area contributed by atoms with Gasteiger partial charge in [-0.2, -0.15) is 0 Å². The summed E-state index contributed by atoms with van der Waals surface area (Å²) in [6.07, 6.45) is 0.978. The number of carbonyl (C=O) groups is 2. The Morgan fingerprint density at radius 3 is 2.43 bits per heavy atom. The molecule has 0 unspecified atom stereocenters. The average Bonchev–Trinajstić information content (AvgIpc) is 2.40. The number of aliphatic carboxylic acids is 1. The largest absolute Gasteiger partial charge is 0.482 e. The van der Waals surface area contributed by atoms with Crippen molar-refractivity contribution in [3.63, 3.8) is 0 Å². The lowest BCUT2D eigenvalue weighted by Gasteiger charge is -2.14. The molecular weight excluding hydrogens is 341 g/mol. The number of nitrogens with one attached hydrogen (secondary N) is 1. The van der Waals surface area contributed by atoms with Crippen LogP contribution in [0.25, 0.3) is 0 Å². The van der Waals surface area contributed by atoms with E-state index >= 15 is 0 Å². The van der Waals surface area contributed by atoms with Gasteiger partial charge in [-0.25, -0.2) is 4.79 Å². The molecule has 0 spiro atoms. The van der Waals surface area contributed by atoms with Crippen molar-refractivity contribution in [1.82, 2.24) is 5.32 Å². The first-order chi connectivity index (χ1) is 9.85. The van der Waals surface area contributed by atoms with Crippen LogP contribution in [0.4, 0.5) is 0 Å². The van der Waals surface area contributed by atoms with Crippen molar-refractivity contribution in [2.24, 2.45) is 0 Å². The molecule has 1 rings (SSSR count). The minimum absolute atomic E-state index is 0.198. The van der Waals surface area contributed by atoms with Crippen LogP contribution >= 0.6 is 34.8 Å². The number of hydrogen-bond acceptors (Lipinski definition) is 3. The summed E-state index contributed by atoms with van der Waals surface area (Å²) in [7, 11) is 0. The van der Waals surface area contributed by atoms with Crippen molar-refractivity contribution in [3.8, 4) is 5.75 Å². The molecule has 0 saturated carbocycles. The Labute approximate surface area is 137 Å². The van der Waals surface area contributed by atoms with Gasteiger partial charge in [0.05, 0.1) is 15.1 Å². The van der Waals surface area contributed by atoms with Gasteiger partial charge >= 0.3 is 5.97 Å². The molecule has 0 aliphatic heterocycles. The summed E-state index contributed by atoms with van der Waals surface area (Å²) in [6.45, 7) is 1.46. The van der Waals surface area contributed by atoms with E-state index in [0.29, 0.717) is 12.8 Å². The van der Waals surface area contributed by atoms with Gasteiger partial charge in [-0.3, -0.25) is 4.79 Å². The van der Waals surface area contributed by atoms with Crippen molar-refractivity contribution in [1.29, 1.82) is 0 Å². The van der Waals surface area contributed by atoms with Crippen LogP contribution in [-0.2, 0) is 9.59 Å². The van der Waals surface area contributed by atoms with Gasteiger partial charge in [0.2, 0.25) is 0 Å². The zero-order chi connectivity index (χ0) is 16.0. The number of carbonyl (C=O) groups excluding carboxylic acids is 1. The summed E-state index contributed by atoms with van der Waals surface area (Å²) in [6, 6.07) is 1.85. The Kier molecular flexibility index (Phi) is 7.08. The Balaban J connectivity index is 2.60. The highest BCUT2D eigenvalue weighted by Gasteiger charge is 2.19. The molecule has 8 heteroatoms. The third kappa shape index (κ3) is 5.61. The second-order valence-corrected chi connectivity index (χ2v) is 5.45. The molecule has 1 aromatic carbocycles. The standard InChI is InChI=1S/C13H14Cl3NO4/c1-2-3-10(13(19)20)17-12(18)6-21-11-5-8(15)7(14)4-9(11)16/h4-5,10H,2-3,6H2,1H3,(H,17,18)(H,19,20)/t10-/m1/s1. The van der Waals surface area contributed by atoms with Gasteiger partial charge in [0.1, 0.15) is 11.8 Å². The average molecular weight is 355 g/mol. The first kappa shape index (κ1) is 17.9. The van der Waals surface area contributed by atoms with Gasteiger partial charge in [-0.05, 0) is 12.5 Å². The molecule has 2 N–H and O–H groups in total. The van der Waals surface area contributed by atoms with Gasteiger partial charge in [-0.15, -0.1) is 0 Å². The van der Waals surface area contributed by atoms with Crippen LogP contribution in [0.2, 0.25) is 15.1 Å². The summed E-state index contributed by atoms with van der Waals surface area (Å²) >= 11 is 17.5. The fourth-order valence-electron chi connectivity index (χ4n) is 1.54. The molecule has 0 aliphatic rings. The maximum absolute atomic E-state index is 11.7. The predicted molar refractivity (Wildman–Crippen MR) is 81.4 cm³/mol. The SMILES string of the molecule is CCC[C@@H](NC(=O)COc1cc(Cl)c(Cl)cc1Cl)C(=O)O. The number of halogens is 3. The van der Waals surface area contributed by atoms with Crippen LogP contribution in [0.5, 0.6) is 5.75 Å². The van der Waals surface area contributed by atoms with E-state index in [9.17, 15) is 9.59 Å². The number of benzene rings is 1. The molecule has 0 fully saturated rings. The smallest absolute Gasteiger partial charge is 0.326 e. The van der Waals surface area contributed by atoms with Crippen LogP contribution in [0.1, 0.15) is 19.8 Å². The monoisotopic (exact) mass is 353 g/mol. The lowest BCUT2D eigenvalue weighted by atomic mass is 10.2. The fraction of sp³-hybridized carbons (Fsp3) is 0.385. The minimum atomic E-state index is -1.09. The summed E-state index contributed by atoms with van der Waals surface area (Å²) in [5.41, 5.74) is 0. The molecule has 1 amide bonds. The molecule has 116 valence electrons. The maximum Gasteiger partial charge on any atom is 0.326 e. The van der Waals surface area contributed by atoms with E-state index in [4.69, 9.17) is 44.6 Å². The van der Waals surface area contributed by atoms with E-state index < -0.39 is 17.9 Å². The summed E-state index contributed by atoms with van der Waals surface area (Å²) in [5, 5.41) is 12.0. The third-order valence-corrected chi connectivity index (χ3v) is 3.56. The predicted octanol–water partition coefficient (Wildman–Crippen LogP) is 3.40. The normalized spacial score (nSPS) is 11.8. The highest BCUT2D eigenvalue weighted by atomic mass is 35.5. The highest BCUT2D eigenvalue weighted by Crippen LogP contribution is 2.33. The lowest BCUT2D eigenvalue weighted by Crippen LogP contribution is -2.42. The second-order valence-electron chi connectivity index (χ2n) is 4.23. The molecular formula is C13H14Cl3NO4. The number of carboxylic acids is 1. The molecule has 1 atom stereocenters. The Morgan fingerprint density at radius 2 is 1.86 bits per heavy atom. The quantitative estimate of drug-likeness (QED) is 0.736. The molecule has 0 heterocycles. The number of ether oxygens (including phenoxy) is 1. The van der Waals surface area contributed by atoms with Gasteiger partial charge in [0.15, 0.2) is 6.61 Å². The van der Waals surface area contributed by atoms with Gasteiger partial charge < -0.3 is 15.2 Å². The molecule has 0 saturated heterocycles. The van der Waals surface area contributed by atoms with Crippen molar-refractivity contribution >= 4 is 46.7 Å². The number of hydrogen-bond donors (Lipinski definition) is 2. The van der Waals surface area contributed by atoms with Crippen LogP contribution in [0.15, 0.2) is 12.1 Å². The number of rotatable bonds is 7. The van der Waals surface area contributed by atoms with E-state index in [1.165, 1.54) is 12.1 Å². The van der Waals surface area contributed by atoms with Crippen LogP contribution < -0.4 is 10.1 Å². The minimum Gasteiger partial charge on any atom is -0.482 e. The van der Waals surface area contributed by atoms with Crippen molar-refractivity contribution in [2.45, 2.75) is 25.8 Å². The zero-order valence-electron chi connectivity index (χ0n) is 11.2. The highest BCUT2D eigenvalue weighted by molar-refractivity contribution is 6.43. The van der Waals surface area contributed by atoms with Crippen LogP contribution in [-0.4, -0.2) is 29.6 Å². The topological polar surface area (TPSA) is 75.6 Å². The first-order valence-corrected chi connectivity index (χ1v) is 7.28. The van der Waals surface area contributed by atoms with E-state index in [1.807, 2.05) is 6.92 Å².